The van der Waals surface area contributed by atoms with Crippen molar-refractivity contribution in [2.75, 3.05) is 26.2 Å². The SMILES string of the molecule is CC(C)[C@@H](C(=O)N1CC2=C(C1)CN(S(=O)(=O)c1ccc(F)cc1)C2)c1ccccc1. The number of nitrogens with zero attached hydrogens (tertiary/aromatic N) is 2. The van der Waals surface area contributed by atoms with Crippen LogP contribution in [0.5, 0.6) is 0 Å². The highest BCUT2D eigenvalue weighted by atomic mass is 32.2. The molecule has 0 bridgehead atoms. The molecule has 2 aliphatic rings. The van der Waals surface area contributed by atoms with Crippen LogP contribution in [-0.4, -0.2) is 49.7 Å². The molecule has 158 valence electrons. The van der Waals surface area contributed by atoms with Gasteiger partial charge in [-0.15, -0.1) is 0 Å². The largest absolute Gasteiger partial charge is 0.334 e. The van der Waals surface area contributed by atoms with Crippen LogP contribution in [0.2, 0.25) is 0 Å². The number of hydrogen-bond donors (Lipinski definition) is 0. The van der Waals surface area contributed by atoms with E-state index in [0.717, 1.165) is 28.8 Å². The maximum Gasteiger partial charge on any atom is 0.243 e. The Hall–Kier alpha value is -2.51. The minimum Gasteiger partial charge on any atom is -0.334 e. The molecule has 2 aromatic rings. The standard InChI is InChI=1S/C23H25FN2O3S/c1-16(2)22(17-6-4-3-5-7-17)23(27)25-12-18-14-26(15-19(18)13-25)30(28,29)21-10-8-20(24)9-11-21/h3-11,16,22H,12-15H2,1-2H3/t22-/m1/s1. The van der Waals surface area contributed by atoms with Crippen molar-refractivity contribution in [1.82, 2.24) is 9.21 Å². The van der Waals surface area contributed by atoms with Gasteiger partial charge in [0.1, 0.15) is 5.82 Å². The molecule has 30 heavy (non-hydrogen) atoms. The summed E-state index contributed by atoms with van der Waals surface area (Å²) in [4.78, 5) is 15.2. The first-order valence-electron chi connectivity index (χ1n) is 10.1. The average Bonchev–Trinajstić information content (AvgIpc) is 3.29. The molecule has 4 rings (SSSR count). The van der Waals surface area contributed by atoms with Gasteiger partial charge in [0.2, 0.25) is 15.9 Å². The van der Waals surface area contributed by atoms with Crippen LogP contribution >= 0.6 is 0 Å². The van der Waals surface area contributed by atoms with E-state index in [1.807, 2.05) is 49.1 Å². The van der Waals surface area contributed by atoms with E-state index in [-0.39, 0.29) is 35.7 Å². The van der Waals surface area contributed by atoms with Gasteiger partial charge in [0, 0.05) is 26.2 Å². The molecule has 0 N–H and O–H groups in total. The topological polar surface area (TPSA) is 57.7 Å². The quantitative estimate of drug-likeness (QED) is 0.686. The third-order valence-electron chi connectivity index (χ3n) is 5.85. The molecule has 0 saturated heterocycles. The first-order valence-corrected chi connectivity index (χ1v) is 11.5. The summed E-state index contributed by atoms with van der Waals surface area (Å²) >= 11 is 0. The molecule has 1 atom stereocenters. The Morgan fingerprint density at radius 3 is 2.00 bits per heavy atom. The summed E-state index contributed by atoms with van der Waals surface area (Å²) < 4.78 is 40.3. The smallest absolute Gasteiger partial charge is 0.243 e. The number of benzene rings is 2. The fourth-order valence-corrected chi connectivity index (χ4v) is 5.73. The van der Waals surface area contributed by atoms with Crippen molar-refractivity contribution in [2.45, 2.75) is 24.7 Å². The first-order chi connectivity index (χ1) is 14.3. The van der Waals surface area contributed by atoms with Gasteiger partial charge in [-0.2, -0.15) is 4.31 Å². The van der Waals surface area contributed by atoms with E-state index in [2.05, 4.69) is 0 Å². The molecule has 2 aliphatic heterocycles. The van der Waals surface area contributed by atoms with Crippen molar-refractivity contribution in [3.8, 4) is 0 Å². The fraction of sp³-hybridized carbons (Fsp3) is 0.348. The van der Waals surface area contributed by atoms with E-state index in [4.69, 9.17) is 0 Å². The van der Waals surface area contributed by atoms with E-state index in [1.165, 1.54) is 16.4 Å². The maximum atomic E-state index is 13.3. The zero-order chi connectivity index (χ0) is 21.5. The predicted molar refractivity (Wildman–Crippen MR) is 113 cm³/mol. The second kappa shape index (κ2) is 7.96. The van der Waals surface area contributed by atoms with Crippen molar-refractivity contribution in [1.29, 1.82) is 0 Å². The first kappa shape index (κ1) is 20.8. The van der Waals surface area contributed by atoms with Crippen molar-refractivity contribution in [3.05, 3.63) is 77.1 Å². The average molecular weight is 429 g/mol. The Kier molecular flexibility index (Phi) is 5.51. The van der Waals surface area contributed by atoms with Crippen molar-refractivity contribution < 1.29 is 17.6 Å². The van der Waals surface area contributed by atoms with E-state index in [0.29, 0.717) is 13.1 Å². The van der Waals surface area contributed by atoms with Gasteiger partial charge in [0.15, 0.2) is 0 Å². The zero-order valence-corrected chi connectivity index (χ0v) is 17.9. The summed E-state index contributed by atoms with van der Waals surface area (Å²) in [5, 5.41) is 0. The molecule has 0 spiro atoms. The number of rotatable bonds is 5. The molecule has 0 aromatic heterocycles. The highest BCUT2D eigenvalue weighted by molar-refractivity contribution is 7.89. The molecule has 0 saturated carbocycles. The minimum absolute atomic E-state index is 0.0820. The Bertz CT molecular complexity index is 1060. The maximum absolute atomic E-state index is 13.3. The van der Waals surface area contributed by atoms with Crippen LogP contribution in [0.25, 0.3) is 0 Å². The molecule has 0 fully saturated rings. The lowest BCUT2D eigenvalue weighted by atomic mass is 9.87. The molecule has 0 radical (unpaired) electrons. The second-order valence-electron chi connectivity index (χ2n) is 8.26. The lowest BCUT2D eigenvalue weighted by Gasteiger charge is -2.28. The summed E-state index contributed by atoms with van der Waals surface area (Å²) in [6.45, 7) is 5.56. The number of halogens is 1. The molecule has 1 amide bonds. The van der Waals surface area contributed by atoms with Crippen LogP contribution in [-0.2, 0) is 14.8 Å². The van der Waals surface area contributed by atoms with Gasteiger partial charge in [0.25, 0.3) is 0 Å². The van der Waals surface area contributed by atoms with Crippen LogP contribution in [0.1, 0.15) is 25.3 Å². The van der Waals surface area contributed by atoms with Crippen LogP contribution in [0.3, 0.4) is 0 Å². The Morgan fingerprint density at radius 2 is 1.47 bits per heavy atom. The predicted octanol–water partition coefficient (Wildman–Crippen LogP) is 3.41. The van der Waals surface area contributed by atoms with Crippen molar-refractivity contribution in [2.24, 2.45) is 5.92 Å². The van der Waals surface area contributed by atoms with Crippen molar-refractivity contribution in [3.63, 3.8) is 0 Å². The lowest BCUT2D eigenvalue weighted by Crippen LogP contribution is -2.39. The minimum atomic E-state index is -3.69. The Labute approximate surface area is 176 Å². The number of carbonyl (C=O) groups is 1. The van der Waals surface area contributed by atoms with E-state index < -0.39 is 15.8 Å². The third-order valence-corrected chi connectivity index (χ3v) is 7.66. The summed E-state index contributed by atoms with van der Waals surface area (Å²) in [6.07, 6.45) is 0. The Morgan fingerprint density at radius 1 is 0.900 bits per heavy atom. The summed E-state index contributed by atoms with van der Waals surface area (Å²) in [5.41, 5.74) is 2.99. The Balaban J connectivity index is 1.46. The second-order valence-corrected chi connectivity index (χ2v) is 10.2. The lowest BCUT2D eigenvalue weighted by molar-refractivity contribution is -0.132. The van der Waals surface area contributed by atoms with Gasteiger partial charge in [-0.1, -0.05) is 44.2 Å². The number of amides is 1. The van der Waals surface area contributed by atoms with Gasteiger partial charge in [0.05, 0.1) is 10.8 Å². The van der Waals surface area contributed by atoms with Gasteiger partial charge in [-0.25, -0.2) is 12.8 Å². The van der Waals surface area contributed by atoms with E-state index >= 15 is 0 Å². The van der Waals surface area contributed by atoms with Gasteiger partial charge in [-0.05, 0) is 46.9 Å². The number of hydrogen-bond acceptors (Lipinski definition) is 3. The van der Waals surface area contributed by atoms with Crippen LogP contribution in [0.15, 0.2) is 70.6 Å². The molecule has 2 heterocycles. The third kappa shape index (κ3) is 3.79. The molecular weight excluding hydrogens is 403 g/mol. The van der Waals surface area contributed by atoms with Crippen molar-refractivity contribution >= 4 is 15.9 Å². The summed E-state index contributed by atoms with van der Waals surface area (Å²) in [5.74, 6) is -0.446. The molecule has 0 aliphatic carbocycles. The normalized spacial score (nSPS) is 18.2. The zero-order valence-electron chi connectivity index (χ0n) is 17.1. The van der Waals surface area contributed by atoms with Crippen LogP contribution in [0.4, 0.5) is 4.39 Å². The molecule has 7 heteroatoms. The molecule has 0 unspecified atom stereocenters. The van der Waals surface area contributed by atoms with E-state index in [1.54, 1.807) is 0 Å². The monoisotopic (exact) mass is 428 g/mol. The van der Waals surface area contributed by atoms with Gasteiger partial charge < -0.3 is 4.90 Å². The highest BCUT2D eigenvalue weighted by Gasteiger charge is 2.39. The molecule has 2 aromatic carbocycles. The fourth-order valence-electron chi connectivity index (χ4n) is 4.30. The highest BCUT2D eigenvalue weighted by Crippen LogP contribution is 2.33. The number of carbonyl (C=O) groups excluding carboxylic acids is 1. The summed E-state index contributed by atoms with van der Waals surface area (Å²) in [6, 6.07) is 14.7. The van der Waals surface area contributed by atoms with E-state index in [9.17, 15) is 17.6 Å². The molecule has 5 nitrogen and oxygen atoms in total. The summed E-state index contributed by atoms with van der Waals surface area (Å²) in [7, 11) is -3.69. The van der Waals surface area contributed by atoms with Crippen LogP contribution in [0, 0.1) is 11.7 Å². The van der Waals surface area contributed by atoms with Gasteiger partial charge >= 0.3 is 0 Å². The number of sulfonamides is 1. The molecular formula is C23H25FN2O3S. The van der Waals surface area contributed by atoms with Gasteiger partial charge in [-0.3, -0.25) is 4.79 Å². The van der Waals surface area contributed by atoms with Crippen LogP contribution < -0.4 is 0 Å².